The van der Waals surface area contributed by atoms with Crippen LogP contribution in [0.5, 0.6) is 0 Å². The lowest BCUT2D eigenvalue weighted by Gasteiger charge is -2.15. The summed E-state index contributed by atoms with van der Waals surface area (Å²) in [7, 11) is 0. The Morgan fingerprint density at radius 1 is 1.39 bits per heavy atom. The maximum absolute atomic E-state index is 12.9. The highest BCUT2D eigenvalue weighted by Gasteiger charge is 2.36. The van der Waals surface area contributed by atoms with Gasteiger partial charge < -0.3 is 5.32 Å². The van der Waals surface area contributed by atoms with Crippen LogP contribution in [-0.4, -0.2) is 17.1 Å². The molecule has 1 saturated heterocycles. The molecule has 1 aromatic carbocycles. The van der Waals surface area contributed by atoms with Gasteiger partial charge in [-0.05, 0) is 48.8 Å². The van der Waals surface area contributed by atoms with Crippen LogP contribution in [0.4, 0.5) is 10.1 Å². The lowest BCUT2D eigenvalue weighted by Crippen LogP contribution is -2.31. The molecule has 0 bridgehead atoms. The molecule has 0 aliphatic carbocycles. The maximum atomic E-state index is 12.9. The normalized spacial score (nSPS) is 19.6. The molecule has 1 atom stereocenters. The second-order valence-electron chi connectivity index (χ2n) is 4.78. The van der Waals surface area contributed by atoms with Gasteiger partial charge in [0, 0.05) is 0 Å². The van der Waals surface area contributed by atoms with Crippen LogP contribution in [0.1, 0.15) is 20.3 Å². The first-order valence-corrected chi connectivity index (χ1v) is 6.30. The van der Waals surface area contributed by atoms with E-state index >= 15 is 0 Å². The molecular weight excluding hydrogens is 251 g/mol. The van der Waals surface area contributed by atoms with E-state index in [0.717, 1.165) is 6.42 Å². The highest BCUT2D eigenvalue weighted by Crippen LogP contribution is 2.22. The second-order valence-corrected chi connectivity index (χ2v) is 5.17. The second kappa shape index (κ2) is 5.02. The van der Waals surface area contributed by atoms with E-state index in [4.69, 9.17) is 12.2 Å². The summed E-state index contributed by atoms with van der Waals surface area (Å²) in [6.07, 6.45) is 0.733. The first kappa shape index (κ1) is 13.0. The highest BCUT2D eigenvalue weighted by molar-refractivity contribution is 7.80. The number of carbonyl (C=O) groups excluding carboxylic acids is 1. The monoisotopic (exact) mass is 266 g/mol. The zero-order chi connectivity index (χ0) is 13.3. The molecule has 1 aromatic rings. The van der Waals surface area contributed by atoms with E-state index in [9.17, 15) is 9.18 Å². The molecule has 18 heavy (non-hydrogen) atoms. The third-order valence-corrected chi connectivity index (χ3v) is 3.11. The molecule has 1 aliphatic rings. The van der Waals surface area contributed by atoms with Crippen LogP contribution in [-0.2, 0) is 4.79 Å². The highest BCUT2D eigenvalue weighted by atomic mass is 32.1. The number of nitrogens with one attached hydrogen (secondary N) is 1. The first-order valence-electron chi connectivity index (χ1n) is 5.89. The number of hydrogen-bond donors (Lipinski definition) is 1. The van der Waals surface area contributed by atoms with Gasteiger partial charge in [0.1, 0.15) is 11.9 Å². The van der Waals surface area contributed by atoms with Crippen LogP contribution in [0, 0.1) is 11.7 Å². The van der Waals surface area contributed by atoms with Crippen molar-refractivity contribution in [3.8, 4) is 0 Å². The summed E-state index contributed by atoms with van der Waals surface area (Å²) >= 11 is 5.16. The van der Waals surface area contributed by atoms with E-state index < -0.39 is 0 Å². The Morgan fingerprint density at radius 3 is 2.56 bits per heavy atom. The number of hydrogen-bond acceptors (Lipinski definition) is 2. The van der Waals surface area contributed by atoms with E-state index in [-0.39, 0.29) is 17.8 Å². The minimum absolute atomic E-state index is 0.0692. The molecule has 0 aromatic heterocycles. The van der Waals surface area contributed by atoms with Crippen LogP contribution in [0.3, 0.4) is 0 Å². The van der Waals surface area contributed by atoms with Crippen molar-refractivity contribution >= 4 is 28.9 Å². The Hall–Kier alpha value is -1.49. The summed E-state index contributed by atoms with van der Waals surface area (Å²) in [5.41, 5.74) is 0.602. The summed E-state index contributed by atoms with van der Waals surface area (Å²) in [6.45, 7) is 4.11. The van der Waals surface area contributed by atoms with Gasteiger partial charge in [-0.1, -0.05) is 13.8 Å². The Kier molecular flexibility index (Phi) is 3.61. The summed E-state index contributed by atoms with van der Waals surface area (Å²) < 4.78 is 12.9. The van der Waals surface area contributed by atoms with Gasteiger partial charge in [0.05, 0.1) is 5.69 Å². The molecule has 5 heteroatoms. The number of nitrogens with zero attached hydrogens (tertiary/aromatic N) is 1. The van der Waals surface area contributed by atoms with E-state index in [1.54, 1.807) is 12.1 Å². The van der Waals surface area contributed by atoms with Gasteiger partial charge in [0.15, 0.2) is 5.11 Å². The number of benzene rings is 1. The topological polar surface area (TPSA) is 32.3 Å². The fraction of sp³-hybridized carbons (Fsp3) is 0.385. The molecular formula is C13H15FN2OS. The SMILES string of the molecule is CC(C)CC1NC(=S)N(c2ccc(F)cc2)C1=O. The summed E-state index contributed by atoms with van der Waals surface area (Å²) in [5, 5.41) is 3.40. The molecule has 96 valence electrons. The van der Waals surface area contributed by atoms with E-state index in [2.05, 4.69) is 19.2 Å². The van der Waals surface area contributed by atoms with Gasteiger partial charge in [-0.3, -0.25) is 9.69 Å². The molecule has 1 unspecified atom stereocenters. The number of carbonyl (C=O) groups is 1. The van der Waals surface area contributed by atoms with Gasteiger partial charge in [0.25, 0.3) is 5.91 Å². The van der Waals surface area contributed by atoms with Crippen molar-refractivity contribution in [3.63, 3.8) is 0 Å². The van der Waals surface area contributed by atoms with Crippen molar-refractivity contribution in [2.45, 2.75) is 26.3 Å². The summed E-state index contributed by atoms with van der Waals surface area (Å²) in [6, 6.07) is 5.47. The van der Waals surface area contributed by atoms with Gasteiger partial charge >= 0.3 is 0 Å². The third-order valence-electron chi connectivity index (χ3n) is 2.81. The van der Waals surface area contributed by atoms with E-state index in [0.29, 0.717) is 16.7 Å². The van der Waals surface area contributed by atoms with Crippen LogP contribution < -0.4 is 10.2 Å². The summed E-state index contributed by atoms with van der Waals surface area (Å²) in [4.78, 5) is 13.7. The Bertz CT molecular complexity index is 472. The van der Waals surface area contributed by atoms with Crippen LogP contribution in [0.15, 0.2) is 24.3 Å². The summed E-state index contributed by atoms with van der Waals surface area (Å²) in [5.74, 6) is 0.00531. The number of halogens is 1. The minimum atomic E-state index is -0.331. The average Bonchev–Trinajstić information content (AvgIpc) is 2.55. The van der Waals surface area contributed by atoms with Crippen molar-refractivity contribution in [1.82, 2.24) is 5.32 Å². The lowest BCUT2D eigenvalue weighted by atomic mass is 10.0. The van der Waals surface area contributed by atoms with Crippen molar-refractivity contribution in [2.24, 2.45) is 5.92 Å². The molecule has 1 N–H and O–H groups in total. The standard InChI is InChI=1S/C13H15FN2OS/c1-8(2)7-11-12(17)16(13(18)15-11)10-5-3-9(14)4-6-10/h3-6,8,11H,7H2,1-2H3,(H,15,18). The average molecular weight is 266 g/mol. The molecule has 3 nitrogen and oxygen atoms in total. The van der Waals surface area contributed by atoms with Gasteiger partial charge in [-0.2, -0.15) is 0 Å². The van der Waals surface area contributed by atoms with Crippen molar-refractivity contribution in [2.75, 3.05) is 4.90 Å². The van der Waals surface area contributed by atoms with Crippen LogP contribution in [0.2, 0.25) is 0 Å². The predicted molar refractivity (Wildman–Crippen MR) is 72.9 cm³/mol. The van der Waals surface area contributed by atoms with Crippen molar-refractivity contribution in [3.05, 3.63) is 30.1 Å². The van der Waals surface area contributed by atoms with Gasteiger partial charge in [-0.25, -0.2) is 4.39 Å². The predicted octanol–water partition coefficient (Wildman–Crippen LogP) is 2.46. The number of thiocarbonyl (C=S) groups is 1. The fourth-order valence-corrected chi connectivity index (χ4v) is 2.33. The van der Waals surface area contributed by atoms with Crippen molar-refractivity contribution in [1.29, 1.82) is 0 Å². The molecule has 2 rings (SSSR count). The molecule has 1 amide bonds. The molecule has 0 radical (unpaired) electrons. The Labute approximate surface area is 111 Å². The third kappa shape index (κ3) is 2.51. The quantitative estimate of drug-likeness (QED) is 0.853. The zero-order valence-corrected chi connectivity index (χ0v) is 11.1. The van der Waals surface area contributed by atoms with Gasteiger partial charge in [-0.15, -0.1) is 0 Å². The molecule has 0 spiro atoms. The van der Waals surface area contributed by atoms with Crippen LogP contribution >= 0.6 is 12.2 Å². The van der Waals surface area contributed by atoms with Gasteiger partial charge in [0.2, 0.25) is 0 Å². The number of rotatable bonds is 3. The first-order chi connectivity index (χ1) is 8.49. The minimum Gasteiger partial charge on any atom is -0.350 e. The molecule has 0 saturated carbocycles. The van der Waals surface area contributed by atoms with Crippen LogP contribution in [0.25, 0.3) is 0 Å². The Morgan fingerprint density at radius 2 is 2.00 bits per heavy atom. The number of amides is 1. The maximum Gasteiger partial charge on any atom is 0.255 e. The fourth-order valence-electron chi connectivity index (χ4n) is 2.00. The zero-order valence-electron chi connectivity index (χ0n) is 10.3. The Balaban J connectivity index is 2.21. The molecule has 1 heterocycles. The van der Waals surface area contributed by atoms with Crippen molar-refractivity contribution < 1.29 is 9.18 Å². The smallest absolute Gasteiger partial charge is 0.255 e. The lowest BCUT2D eigenvalue weighted by molar-refractivity contribution is -0.118. The van der Waals surface area contributed by atoms with E-state index in [1.807, 2.05) is 0 Å². The molecule has 1 aliphatic heterocycles. The largest absolute Gasteiger partial charge is 0.350 e. The number of anilines is 1. The van der Waals surface area contributed by atoms with E-state index in [1.165, 1.54) is 17.0 Å². The molecule has 1 fully saturated rings.